The minimum atomic E-state index is -1.46. The third kappa shape index (κ3) is 1.69. The molecule has 0 bridgehead atoms. The van der Waals surface area contributed by atoms with Crippen molar-refractivity contribution in [3.05, 3.63) is 30.3 Å². The smallest absolute Gasteiger partial charge is 0.101 e. The summed E-state index contributed by atoms with van der Waals surface area (Å²) in [5.41, 5.74) is 0. The van der Waals surface area contributed by atoms with Gasteiger partial charge in [0.2, 0.25) is 0 Å². The highest BCUT2D eigenvalue weighted by molar-refractivity contribution is 7.52. The normalized spacial score (nSPS) is 13.0. The van der Waals surface area contributed by atoms with Crippen molar-refractivity contribution in [2.75, 3.05) is 6.66 Å². The van der Waals surface area contributed by atoms with Crippen molar-refractivity contribution in [2.24, 2.45) is 0 Å². The van der Waals surface area contributed by atoms with E-state index in [9.17, 15) is 4.57 Å². The molecule has 0 amide bonds. The highest BCUT2D eigenvalue weighted by Crippen LogP contribution is 2.11. The number of benzene rings is 1. The molecule has 0 fully saturated rings. The van der Waals surface area contributed by atoms with Crippen molar-refractivity contribution < 1.29 is 4.57 Å². The molecule has 0 spiro atoms. The highest BCUT2D eigenvalue weighted by Gasteiger charge is 1.90. The summed E-state index contributed by atoms with van der Waals surface area (Å²) in [6.45, 7) is 1.75. The molecule has 0 aliphatic rings. The largest absolute Gasteiger partial charge is 0.322 e. The predicted octanol–water partition coefficient (Wildman–Crippen LogP) is 1.50. The maximum atomic E-state index is 10.8. The Bertz CT molecular complexity index is 205. The molecule has 1 nitrogen and oxygen atoms in total. The van der Waals surface area contributed by atoms with Crippen LogP contribution in [0, 0.1) is 0 Å². The lowest BCUT2D eigenvalue weighted by molar-refractivity contribution is 0.596. The summed E-state index contributed by atoms with van der Waals surface area (Å²) in [5.74, 6) is 0. The first-order valence-electron chi connectivity index (χ1n) is 2.86. The van der Waals surface area contributed by atoms with Gasteiger partial charge in [-0.3, -0.25) is 0 Å². The summed E-state index contributed by atoms with van der Waals surface area (Å²) < 4.78 is 10.8. The van der Waals surface area contributed by atoms with Crippen molar-refractivity contribution >= 4 is 13.1 Å². The maximum Gasteiger partial charge on any atom is 0.101 e. The number of hydrogen-bond acceptors (Lipinski definition) is 1. The molecule has 9 heavy (non-hydrogen) atoms. The van der Waals surface area contributed by atoms with Gasteiger partial charge < -0.3 is 4.57 Å². The van der Waals surface area contributed by atoms with Gasteiger partial charge >= 0.3 is 0 Å². The van der Waals surface area contributed by atoms with Crippen LogP contribution in [-0.4, -0.2) is 6.66 Å². The fourth-order valence-electron chi connectivity index (χ4n) is 0.673. The average molecular weight is 140 g/mol. The van der Waals surface area contributed by atoms with E-state index in [0.29, 0.717) is 0 Å². The zero-order valence-corrected chi connectivity index (χ0v) is 6.29. The third-order valence-corrected chi connectivity index (χ3v) is 2.33. The Kier molecular flexibility index (Phi) is 2.07. The fraction of sp³-hybridized carbons (Fsp3) is 0.143. The average Bonchev–Trinajstić information content (AvgIpc) is 1.90. The Morgan fingerprint density at radius 3 is 2.11 bits per heavy atom. The van der Waals surface area contributed by atoms with E-state index in [4.69, 9.17) is 0 Å². The molecule has 1 aromatic rings. The molecule has 0 aromatic heterocycles. The summed E-state index contributed by atoms with van der Waals surface area (Å²) >= 11 is 0. The van der Waals surface area contributed by atoms with E-state index >= 15 is 0 Å². The van der Waals surface area contributed by atoms with Crippen molar-refractivity contribution in [1.82, 2.24) is 0 Å². The minimum absolute atomic E-state index is 0.961. The quantitative estimate of drug-likeness (QED) is 0.540. The van der Waals surface area contributed by atoms with Crippen LogP contribution >= 0.6 is 7.80 Å². The van der Waals surface area contributed by atoms with E-state index in [1.807, 2.05) is 30.3 Å². The zero-order valence-electron chi connectivity index (χ0n) is 5.29. The van der Waals surface area contributed by atoms with Crippen molar-refractivity contribution in [3.63, 3.8) is 0 Å². The van der Waals surface area contributed by atoms with Crippen LogP contribution in [0.2, 0.25) is 0 Å². The first-order chi connectivity index (χ1) is 4.30. The monoisotopic (exact) mass is 140 g/mol. The van der Waals surface area contributed by atoms with Gasteiger partial charge in [0.1, 0.15) is 7.80 Å². The number of rotatable bonds is 1. The molecule has 0 N–H and O–H groups in total. The molecule has 1 unspecified atom stereocenters. The molecule has 0 aliphatic carbocycles. The topological polar surface area (TPSA) is 17.1 Å². The third-order valence-electron chi connectivity index (χ3n) is 1.18. The lowest BCUT2D eigenvalue weighted by Crippen LogP contribution is -1.91. The Morgan fingerprint density at radius 1 is 1.22 bits per heavy atom. The lowest BCUT2D eigenvalue weighted by atomic mass is 10.4. The second-order valence-electron chi connectivity index (χ2n) is 1.92. The van der Waals surface area contributed by atoms with Crippen LogP contribution in [0.5, 0.6) is 0 Å². The molecular formula is C7H9OP. The molecular weight excluding hydrogens is 131 g/mol. The molecule has 48 valence electrons. The van der Waals surface area contributed by atoms with Gasteiger partial charge in [0.15, 0.2) is 0 Å². The fourth-order valence-corrected chi connectivity index (χ4v) is 1.33. The van der Waals surface area contributed by atoms with Gasteiger partial charge in [-0.2, -0.15) is 0 Å². The standard InChI is InChI=1S/C7H9OP/c1-9(8)7-5-3-2-4-6-7/h2-6,9H,1H3. The van der Waals surface area contributed by atoms with Crippen LogP contribution in [0.25, 0.3) is 0 Å². The molecule has 1 aromatic carbocycles. The first kappa shape index (κ1) is 6.57. The Morgan fingerprint density at radius 2 is 1.78 bits per heavy atom. The predicted molar refractivity (Wildman–Crippen MR) is 41.0 cm³/mol. The van der Waals surface area contributed by atoms with Gasteiger partial charge in [-0.25, -0.2) is 0 Å². The summed E-state index contributed by atoms with van der Waals surface area (Å²) in [4.78, 5) is 0. The molecule has 0 saturated carbocycles. The van der Waals surface area contributed by atoms with Crippen LogP contribution in [-0.2, 0) is 4.57 Å². The molecule has 0 radical (unpaired) electrons. The zero-order chi connectivity index (χ0) is 6.69. The van der Waals surface area contributed by atoms with Crippen molar-refractivity contribution in [1.29, 1.82) is 0 Å². The SMILES string of the molecule is C[PH](=O)c1ccccc1. The van der Waals surface area contributed by atoms with E-state index < -0.39 is 7.80 Å². The Balaban J connectivity index is 2.98. The number of hydrogen-bond donors (Lipinski definition) is 0. The second kappa shape index (κ2) is 2.84. The van der Waals surface area contributed by atoms with E-state index in [1.54, 1.807) is 6.66 Å². The van der Waals surface area contributed by atoms with Crippen molar-refractivity contribution in [2.45, 2.75) is 0 Å². The van der Waals surface area contributed by atoms with Gasteiger partial charge in [-0.1, -0.05) is 30.3 Å². The van der Waals surface area contributed by atoms with E-state index in [-0.39, 0.29) is 0 Å². The summed E-state index contributed by atoms with van der Waals surface area (Å²) in [6, 6.07) is 9.51. The van der Waals surface area contributed by atoms with Crippen LogP contribution in [0.4, 0.5) is 0 Å². The van der Waals surface area contributed by atoms with E-state index in [2.05, 4.69) is 0 Å². The molecule has 0 aliphatic heterocycles. The second-order valence-corrected chi connectivity index (χ2v) is 3.61. The lowest BCUT2D eigenvalue weighted by Gasteiger charge is -1.91. The Hall–Kier alpha value is -0.550. The summed E-state index contributed by atoms with van der Waals surface area (Å²) in [6.07, 6.45) is 0. The van der Waals surface area contributed by atoms with Crippen LogP contribution < -0.4 is 5.30 Å². The summed E-state index contributed by atoms with van der Waals surface area (Å²) in [7, 11) is -1.46. The molecule has 1 rings (SSSR count). The molecule has 2 heteroatoms. The van der Waals surface area contributed by atoms with Gasteiger partial charge in [-0.15, -0.1) is 0 Å². The molecule has 1 atom stereocenters. The molecule has 0 saturated heterocycles. The van der Waals surface area contributed by atoms with Gasteiger partial charge in [-0.05, 0) is 6.66 Å². The van der Waals surface area contributed by atoms with E-state index in [1.165, 1.54) is 0 Å². The maximum absolute atomic E-state index is 10.8. The van der Waals surface area contributed by atoms with Crippen LogP contribution in [0.3, 0.4) is 0 Å². The highest BCUT2D eigenvalue weighted by atomic mass is 31.1. The van der Waals surface area contributed by atoms with Gasteiger partial charge in [0.25, 0.3) is 0 Å². The van der Waals surface area contributed by atoms with Crippen LogP contribution in [0.15, 0.2) is 30.3 Å². The van der Waals surface area contributed by atoms with Crippen molar-refractivity contribution in [3.8, 4) is 0 Å². The Labute approximate surface area is 55.5 Å². The van der Waals surface area contributed by atoms with E-state index in [0.717, 1.165) is 5.30 Å². The van der Waals surface area contributed by atoms with Gasteiger partial charge in [0.05, 0.1) is 0 Å². The van der Waals surface area contributed by atoms with Gasteiger partial charge in [0, 0.05) is 5.30 Å². The first-order valence-corrected chi connectivity index (χ1v) is 4.77. The van der Waals surface area contributed by atoms with Crippen LogP contribution in [0.1, 0.15) is 0 Å². The molecule has 0 heterocycles. The summed E-state index contributed by atoms with van der Waals surface area (Å²) in [5, 5.41) is 0.961. The minimum Gasteiger partial charge on any atom is -0.322 e.